The summed E-state index contributed by atoms with van der Waals surface area (Å²) in [5.41, 5.74) is 0.565. The Kier molecular flexibility index (Phi) is 9.58. The van der Waals surface area contributed by atoms with E-state index < -0.39 is 18.0 Å². The van der Waals surface area contributed by atoms with Gasteiger partial charge in [-0.2, -0.15) is 0 Å². The normalized spacial score (nSPS) is 11.8. The molecule has 0 aromatic heterocycles. The van der Waals surface area contributed by atoms with Gasteiger partial charge < -0.3 is 19.9 Å². The van der Waals surface area contributed by atoms with Crippen LogP contribution in [0.1, 0.15) is 39.4 Å². The molecule has 136 valence electrons. The summed E-state index contributed by atoms with van der Waals surface area (Å²) in [5, 5.41) is 12.9. The molecule has 0 aliphatic carbocycles. The van der Waals surface area contributed by atoms with E-state index in [1.807, 2.05) is 0 Å². The molecule has 0 unspecified atom stereocenters. The first-order valence-corrected chi connectivity index (χ1v) is 7.66. The van der Waals surface area contributed by atoms with Gasteiger partial charge in [0.25, 0.3) is 0 Å². The fraction of sp³-hybridized carbons (Fsp3) is 0.529. The summed E-state index contributed by atoms with van der Waals surface area (Å²) in [6.07, 6.45) is -0.758. The third-order valence-corrected chi connectivity index (χ3v) is 3.11. The highest BCUT2D eigenvalue weighted by Gasteiger charge is 2.19. The Morgan fingerprint density at radius 2 is 1.54 bits per heavy atom. The van der Waals surface area contributed by atoms with Crippen molar-refractivity contribution in [1.82, 2.24) is 5.32 Å². The molecule has 1 aromatic rings. The van der Waals surface area contributed by atoms with E-state index in [2.05, 4.69) is 5.32 Å². The Balaban J connectivity index is 0.00000529. The maximum absolute atomic E-state index is 11.9. The van der Waals surface area contributed by atoms with Gasteiger partial charge in [-0.05, 0) is 24.7 Å². The van der Waals surface area contributed by atoms with Crippen molar-refractivity contribution >= 4 is 24.3 Å². The van der Waals surface area contributed by atoms with Crippen LogP contribution in [0.4, 0.5) is 0 Å². The molecule has 1 aromatic carbocycles. The first kappa shape index (κ1) is 22.4. The van der Waals surface area contributed by atoms with Gasteiger partial charge in [0.1, 0.15) is 0 Å². The van der Waals surface area contributed by atoms with E-state index in [9.17, 15) is 14.7 Å². The average Bonchev–Trinajstić information content (AvgIpc) is 2.48. The van der Waals surface area contributed by atoms with Crippen molar-refractivity contribution in [2.45, 2.75) is 33.8 Å². The molecule has 0 heterocycles. The molecule has 0 saturated carbocycles. The molecule has 24 heavy (non-hydrogen) atoms. The minimum atomic E-state index is -0.758. The topological polar surface area (TPSA) is 84.9 Å². The number of ether oxygens (including phenoxy) is 2. The molecule has 2 N–H and O–H groups in total. The summed E-state index contributed by atoms with van der Waals surface area (Å²) in [4.78, 5) is 23.6. The first-order chi connectivity index (χ1) is 10.8. The maximum atomic E-state index is 11.9. The summed E-state index contributed by atoms with van der Waals surface area (Å²) in [6, 6.07) is 4.68. The van der Waals surface area contributed by atoms with E-state index in [4.69, 9.17) is 9.47 Å². The van der Waals surface area contributed by atoms with Crippen molar-refractivity contribution in [3.63, 3.8) is 0 Å². The standard InChI is InChI=1S/C17H25NO5.ClH/c1-10(2)16(20)22-14-7-6-12(13(19)9-18-5)8-15(14)23-17(21)11(3)4;/h6-8,10-11,13,18-19H,9H2,1-5H3;1H/t13-;/m0./s1. The number of aliphatic hydroxyl groups is 1. The summed E-state index contributed by atoms with van der Waals surface area (Å²) < 4.78 is 10.6. The summed E-state index contributed by atoms with van der Waals surface area (Å²) in [5.74, 6) is -1.20. The summed E-state index contributed by atoms with van der Waals surface area (Å²) >= 11 is 0. The Morgan fingerprint density at radius 3 is 2.00 bits per heavy atom. The van der Waals surface area contributed by atoms with Gasteiger partial charge in [0.15, 0.2) is 11.5 Å². The zero-order valence-electron chi connectivity index (χ0n) is 14.7. The average molecular weight is 360 g/mol. The van der Waals surface area contributed by atoms with Crippen LogP contribution >= 0.6 is 12.4 Å². The monoisotopic (exact) mass is 359 g/mol. The Bertz CT molecular complexity index is 560. The number of nitrogens with one attached hydrogen (secondary N) is 1. The van der Waals surface area contributed by atoms with Crippen molar-refractivity contribution in [1.29, 1.82) is 0 Å². The zero-order chi connectivity index (χ0) is 17.6. The quantitative estimate of drug-likeness (QED) is 0.574. The number of hydrogen-bond donors (Lipinski definition) is 2. The molecule has 0 aliphatic rings. The summed E-state index contributed by atoms with van der Waals surface area (Å²) in [6.45, 7) is 7.20. The minimum absolute atomic E-state index is 0. The van der Waals surface area contributed by atoms with Crippen molar-refractivity contribution in [3.05, 3.63) is 23.8 Å². The fourth-order valence-electron chi connectivity index (χ4n) is 1.66. The second-order valence-electron chi connectivity index (χ2n) is 5.93. The van der Waals surface area contributed by atoms with Crippen molar-refractivity contribution < 1.29 is 24.2 Å². The zero-order valence-corrected chi connectivity index (χ0v) is 15.5. The lowest BCUT2D eigenvalue weighted by atomic mass is 10.1. The molecule has 7 heteroatoms. The van der Waals surface area contributed by atoms with E-state index in [-0.39, 0.29) is 35.7 Å². The van der Waals surface area contributed by atoms with Crippen molar-refractivity contribution in [2.24, 2.45) is 11.8 Å². The first-order valence-electron chi connectivity index (χ1n) is 7.66. The largest absolute Gasteiger partial charge is 0.422 e. The Hall–Kier alpha value is -1.63. The van der Waals surface area contributed by atoms with Gasteiger partial charge in [-0.15, -0.1) is 12.4 Å². The van der Waals surface area contributed by atoms with E-state index in [0.717, 1.165) is 0 Å². The lowest BCUT2D eigenvalue weighted by Gasteiger charge is -2.16. The lowest BCUT2D eigenvalue weighted by Crippen LogP contribution is -2.19. The number of benzene rings is 1. The second-order valence-corrected chi connectivity index (χ2v) is 5.93. The van der Waals surface area contributed by atoms with Crippen LogP contribution in [0, 0.1) is 11.8 Å². The van der Waals surface area contributed by atoms with Gasteiger partial charge in [0.2, 0.25) is 0 Å². The molecular formula is C17H26ClNO5. The maximum Gasteiger partial charge on any atom is 0.313 e. The molecule has 0 bridgehead atoms. The molecule has 0 spiro atoms. The number of hydrogen-bond acceptors (Lipinski definition) is 6. The van der Waals surface area contributed by atoms with Crippen LogP contribution in [0.15, 0.2) is 18.2 Å². The Morgan fingerprint density at radius 1 is 1.04 bits per heavy atom. The molecule has 0 radical (unpaired) electrons. The number of halogens is 1. The molecule has 0 amide bonds. The minimum Gasteiger partial charge on any atom is -0.422 e. The Labute approximate surface area is 148 Å². The highest BCUT2D eigenvalue weighted by Crippen LogP contribution is 2.32. The van der Waals surface area contributed by atoms with Crippen molar-refractivity contribution in [2.75, 3.05) is 13.6 Å². The second kappa shape index (κ2) is 10.3. The summed E-state index contributed by atoms with van der Waals surface area (Å²) in [7, 11) is 1.72. The molecule has 0 aliphatic heterocycles. The van der Waals surface area contributed by atoms with E-state index >= 15 is 0 Å². The lowest BCUT2D eigenvalue weighted by molar-refractivity contribution is -0.140. The van der Waals surface area contributed by atoms with Gasteiger partial charge in [0.05, 0.1) is 17.9 Å². The SMILES string of the molecule is CNC[C@H](O)c1ccc(OC(=O)C(C)C)c(OC(=O)C(C)C)c1.Cl. The molecule has 1 atom stereocenters. The van der Waals surface area contributed by atoms with E-state index in [1.54, 1.807) is 40.8 Å². The predicted molar refractivity (Wildman–Crippen MR) is 93.5 cm³/mol. The highest BCUT2D eigenvalue weighted by atomic mass is 35.5. The van der Waals surface area contributed by atoms with Crippen molar-refractivity contribution in [3.8, 4) is 11.5 Å². The number of aliphatic hydroxyl groups excluding tert-OH is 1. The van der Waals surface area contributed by atoms with E-state index in [1.165, 1.54) is 12.1 Å². The smallest absolute Gasteiger partial charge is 0.313 e. The van der Waals surface area contributed by atoms with Crippen LogP contribution in [0.3, 0.4) is 0 Å². The molecule has 0 saturated heterocycles. The third-order valence-electron chi connectivity index (χ3n) is 3.11. The molecule has 6 nitrogen and oxygen atoms in total. The van der Waals surface area contributed by atoms with Gasteiger partial charge in [-0.25, -0.2) is 0 Å². The van der Waals surface area contributed by atoms with Gasteiger partial charge in [-0.1, -0.05) is 33.8 Å². The van der Waals surface area contributed by atoms with Gasteiger partial charge in [-0.3, -0.25) is 9.59 Å². The number of carbonyl (C=O) groups is 2. The molecule has 0 fully saturated rings. The van der Waals surface area contributed by atoms with Crippen LogP contribution < -0.4 is 14.8 Å². The number of esters is 2. The number of likely N-dealkylation sites (N-methyl/N-ethyl adjacent to an activating group) is 1. The third kappa shape index (κ3) is 6.47. The van der Waals surface area contributed by atoms with Crippen LogP contribution in [-0.2, 0) is 9.59 Å². The van der Waals surface area contributed by atoms with Crippen LogP contribution in [-0.4, -0.2) is 30.6 Å². The van der Waals surface area contributed by atoms with Crippen LogP contribution in [0.5, 0.6) is 11.5 Å². The number of carbonyl (C=O) groups excluding carboxylic acids is 2. The van der Waals surface area contributed by atoms with E-state index in [0.29, 0.717) is 12.1 Å². The fourth-order valence-corrected chi connectivity index (χ4v) is 1.66. The van der Waals surface area contributed by atoms with Crippen LogP contribution in [0.2, 0.25) is 0 Å². The number of rotatable bonds is 7. The predicted octanol–water partition coefficient (Wildman–Crippen LogP) is 2.48. The van der Waals surface area contributed by atoms with Gasteiger partial charge in [0, 0.05) is 6.54 Å². The molecule has 1 rings (SSSR count). The van der Waals surface area contributed by atoms with Crippen LogP contribution in [0.25, 0.3) is 0 Å². The molecular weight excluding hydrogens is 334 g/mol. The van der Waals surface area contributed by atoms with Gasteiger partial charge >= 0.3 is 11.9 Å². The highest BCUT2D eigenvalue weighted by molar-refractivity contribution is 5.85.